The fourth-order valence-corrected chi connectivity index (χ4v) is 4.49. The Morgan fingerprint density at radius 3 is 2.92 bits per heavy atom. The van der Waals surface area contributed by atoms with Crippen molar-refractivity contribution in [1.29, 1.82) is 0 Å². The van der Waals surface area contributed by atoms with Gasteiger partial charge in [-0.15, -0.1) is 11.3 Å². The van der Waals surface area contributed by atoms with Gasteiger partial charge in [0.05, 0.1) is 5.69 Å². The van der Waals surface area contributed by atoms with Crippen molar-refractivity contribution >= 4 is 22.0 Å². The van der Waals surface area contributed by atoms with E-state index in [-0.39, 0.29) is 6.04 Å². The Morgan fingerprint density at radius 1 is 1.23 bits per heavy atom. The van der Waals surface area contributed by atoms with E-state index in [4.69, 9.17) is 14.5 Å². The molecule has 1 N–H and O–H groups in total. The highest BCUT2D eigenvalue weighted by molar-refractivity contribution is 7.15. The van der Waals surface area contributed by atoms with Crippen molar-refractivity contribution < 1.29 is 9.47 Å². The highest BCUT2D eigenvalue weighted by Crippen LogP contribution is 2.36. The molecule has 6 nitrogen and oxygen atoms in total. The summed E-state index contributed by atoms with van der Waals surface area (Å²) in [5.74, 6) is 1.70. The molecule has 4 heterocycles. The third kappa shape index (κ3) is 2.91. The van der Waals surface area contributed by atoms with Crippen LogP contribution in [0.4, 0.5) is 5.69 Å². The number of fused-ring (bicyclic) bond motifs is 2. The Labute approximate surface area is 156 Å². The highest BCUT2D eigenvalue weighted by atomic mass is 32.1. The van der Waals surface area contributed by atoms with Gasteiger partial charge in [-0.2, -0.15) is 0 Å². The van der Waals surface area contributed by atoms with E-state index in [1.807, 2.05) is 6.07 Å². The van der Waals surface area contributed by atoms with Gasteiger partial charge in [0, 0.05) is 54.7 Å². The van der Waals surface area contributed by atoms with Crippen molar-refractivity contribution in [1.82, 2.24) is 14.7 Å². The molecule has 0 amide bonds. The number of benzene rings is 1. The molecule has 0 radical (unpaired) electrons. The van der Waals surface area contributed by atoms with Crippen LogP contribution in [0, 0.1) is 0 Å². The van der Waals surface area contributed by atoms with Crippen LogP contribution in [0.1, 0.15) is 31.5 Å². The summed E-state index contributed by atoms with van der Waals surface area (Å²) < 4.78 is 13.0. The zero-order chi connectivity index (χ0) is 17.5. The molecule has 0 saturated carbocycles. The summed E-state index contributed by atoms with van der Waals surface area (Å²) in [6.45, 7) is 4.62. The van der Waals surface area contributed by atoms with E-state index in [1.54, 1.807) is 11.3 Å². The van der Waals surface area contributed by atoms with Crippen molar-refractivity contribution in [3.8, 4) is 11.5 Å². The molecule has 1 fully saturated rings. The fourth-order valence-electron chi connectivity index (χ4n) is 3.78. The summed E-state index contributed by atoms with van der Waals surface area (Å²) in [6, 6.07) is 7.02. The van der Waals surface area contributed by atoms with Crippen molar-refractivity contribution in [2.24, 2.45) is 0 Å². The number of nitrogens with zero attached hydrogens (tertiary/aromatic N) is 3. The summed E-state index contributed by atoms with van der Waals surface area (Å²) in [5.41, 5.74) is 2.34. The van der Waals surface area contributed by atoms with Crippen LogP contribution >= 0.6 is 11.3 Å². The molecule has 1 saturated heterocycles. The molecule has 5 rings (SSSR count). The largest absolute Gasteiger partial charge is 0.454 e. The SMILES string of the molecule is CC(NC1CCN(c2ccc3c(c2)OCO3)CC1)c1cn2ccsc2n1. The van der Waals surface area contributed by atoms with Crippen LogP contribution in [0.25, 0.3) is 4.96 Å². The first kappa shape index (κ1) is 16.0. The van der Waals surface area contributed by atoms with E-state index < -0.39 is 0 Å². The number of nitrogens with one attached hydrogen (secondary N) is 1. The predicted molar refractivity (Wildman–Crippen MR) is 102 cm³/mol. The van der Waals surface area contributed by atoms with Gasteiger partial charge >= 0.3 is 0 Å². The fraction of sp³-hybridized carbons (Fsp3) is 0.421. The summed E-state index contributed by atoms with van der Waals surface area (Å²) in [4.78, 5) is 8.21. The maximum absolute atomic E-state index is 5.50. The van der Waals surface area contributed by atoms with E-state index >= 15 is 0 Å². The van der Waals surface area contributed by atoms with Gasteiger partial charge in [0.25, 0.3) is 0 Å². The summed E-state index contributed by atoms with van der Waals surface area (Å²) >= 11 is 1.68. The topological polar surface area (TPSA) is 51.0 Å². The molecule has 0 spiro atoms. The Kier molecular flexibility index (Phi) is 3.98. The van der Waals surface area contributed by atoms with Gasteiger partial charge in [-0.25, -0.2) is 4.98 Å². The van der Waals surface area contributed by atoms with Gasteiger partial charge < -0.3 is 19.7 Å². The second kappa shape index (κ2) is 6.48. The molecule has 0 bridgehead atoms. The monoisotopic (exact) mass is 370 g/mol. The van der Waals surface area contributed by atoms with E-state index in [1.165, 1.54) is 5.69 Å². The Balaban J connectivity index is 1.19. The van der Waals surface area contributed by atoms with Crippen LogP contribution in [0.5, 0.6) is 11.5 Å². The van der Waals surface area contributed by atoms with Crippen molar-refractivity contribution in [2.75, 3.05) is 24.8 Å². The molecule has 2 aliphatic rings. The third-order valence-corrected chi connectivity index (χ3v) is 6.03. The Hall–Kier alpha value is -2.25. The van der Waals surface area contributed by atoms with Crippen LogP contribution in [-0.4, -0.2) is 35.3 Å². The third-order valence-electron chi connectivity index (χ3n) is 5.26. The number of hydrogen-bond acceptors (Lipinski definition) is 6. The van der Waals surface area contributed by atoms with E-state index in [2.05, 4.69) is 51.4 Å². The Bertz CT molecular complexity index is 885. The molecule has 3 aromatic rings. The maximum Gasteiger partial charge on any atom is 0.231 e. The average Bonchev–Trinajstić information content (AvgIpc) is 3.37. The van der Waals surface area contributed by atoms with Crippen molar-refractivity contribution in [3.63, 3.8) is 0 Å². The normalized spacial score (nSPS) is 18.6. The van der Waals surface area contributed by atoms with E-state index in [9.17, 15) is 0 Å². The summed E-state index contributed by atoms with van der Waals surface area (Å²) in [6.07, 6.45) is 6.44. The predicted octanol–water partition coefficient (Wildman–Crippen LogP) is 3.44. The minimum absolute atomic E-state index is 0.268. The first-order chi connectivity index (χ1) is 12.8. The van der Waals surface area contributed by atoms with Crippen LogP contribution in [0.3, 0.4) is 0 Å². The Morgan fingerprint density at radius 2 is 2.08 bits per heavy atom. The van der Waals surface area contributed by atoms with Crippen LogP contribution < -0.4 is 19.7 Å². The molecule has 1 atom stereocenters. The number of hydrogen-bond donors (Lipinski definition) is 1. The number of thiazole rings is 1. The van der Waals surface area contributed by atoms with Crippen LogP contribution in [-0.2, 0) is 0 Å². The molecule has 2 aromatic heterocycles. The lowest BCUT2D eigenvalue weighted by Crippen LogP contribution is -2.43. The zero-order valence-electron chi connectivity index (χ0n) is 14.7. The minimum atomic E-state index is 0.268. The lowest BCUT2D eigenvalue weighted by Gasteiger charge is -2.35. The number of rotatable bonds is 4. The van der Waals surface area contributed by atoms with Gasteiger partial charge in [-0.05, 0) is 31.9 Å². The van der Waals surface area contributed by atoms with Gasteiger partial charge in [0.15, 0.2) is 16.5 Å². The number of ether oxygens (including phenoxy) is 2. The lowest BCUT2D eigenvalue weighted by molar-refractivity contribution is 0.174. The van der Waals surface area contributed by atoms with Crippen molar-refractivity contribution in [2.45, 2.75) is 31.8 Å². The molecule has 1 aromatic carbocycles. The highest BCUT2D eigenvalue weighted by Gasteiger charge is 2.23. The molecule has 136 valence electrons. The number of piperidine rings is 1. The van der Waals surface area contributed by atoms with Gasteiger partial charge in [-0.1, -0.05) is 0 Å². The zero-order valence-corrected chi connectivity index (χ0v) is 15.5. The maximum atomic E-state index is 5.50. The van der Waals surface area contributed by atoms with Gasteiger partial charge in [0.2, 0.25) is 6.79 Å². The smallest absolute Gasteiger partial charge is 0.231 e. The molecular weight excluding hydrogens is 348 g/mol. The van der Waals surface area contributed by atoms with Gasteiger partial charge in [0.1, 0.15) is 0 Å². The molecule has 0 aliphatic carbocycles. The van der Waals surface area contributed by atoms with E-state index in [0.717, 1.165) is 48.1 Å². The van der Waals surface area contributed by atoms with E-state index in [0.29, 0.717) is 12.8 Å². The average molecular weight is 370 g/mol. The number of anilines is 1. The van der Waals surface area contributed by atoms with Crippen LogP contribution in [0.15, 0.2) is 36.0 Å². The number of imidazole rings is 1. The summed E-state index contributed by atoms with van der Waals surface area (Å²) in [7, 11) is 0. The van der Waals surface area contributed by atoms with Gasteiger partial charge in [-0.3, -0.25) is 4.40 Å². The molecule has 26 heavy (non-hydrogen) atoms. The molecule has 2 aliphatic heterocycles. The first-order valence-corrected chi connectivity index (χ1v) is 9.97. The van der Waals surface area contributed by atoms with Crippen LogP contribution in [0.2, 0.25) is 0 Å². The standard InChI is InChI=1S/C19H22N4O2S/c1-13(16-11-23-8-9-26-19(23)21-16)20-14-4-6-22(7-5-14)15-2-3-17-18(10-15)25-12-24-17/h2-3,8-11,13-14,20H,4-7,12H2,1H3. The molecule has 7 heteroatoms. The quantitative estimate of drug-likeness (QED) is 0.762. The van der Waals surface area contributed by atoms with Crippen molar-refractivity contribution in [3.05, 3.63) is 41.7 Å². The minimum Gasteiger partial charge on any atom is -0.454 e. The lowest BCUT2D eigenvalue weighted by atomic mass is 10.0. The second-order valence-corrected chi connectivity index (χ2v) is 7.82. The number of aromatic nitrogens is 2. The summed E-state index contributed by atoms with van der Waals surface area (Å²) in [5, 5.41) is 5.82. The molecular formula is C19H22N4O2S. The first-order valence-electron chi connectivity index (χ1n) is 9.09. The second-order valence-electron chi connectivity index (χ2n) is 6.95. The molecule has 1 unspecified atom stereocenters.